The van der Waals surface area contributed by atoms with Crippen LogP contribution in [-0.4, -0.2) is 25.8 Å². The van der Waals surface area contributed by atoms with Gasteiger partial charge in [0.1, 0.15) is 10.8 Å². The number of sulfonamides is 1. The van der Waals surface area contributed by atoms with Gasteiger partial charge in [0.2, 0.25) is 0 Å². The van der Waals surface area contributed by atoms with E-state index in [0.717, 1.165) is 15.6 Å². The van der Waals surface area contributed by atoms with Crippen molar-refractivity contribution in [1.82, 2.24) is 4.31 Å². The predicted octanol–water partition coefficient (Wildman–Crippen LogP) is 1.94. The molecule has 15 heavy (non-hydrogen) atoms. The first-order chi connectivity index (χ1) is 7.02. The molecule has 0 fully saturated rings. The molecule has 0 unspecified atom stereocenters. The average molecular weight is 265 g/mol. The quantitative estimate of drug-likeness (QED) is 0.781. The van der Waals surface area contributed by atoms with Gasteiger partial charge in [0, 0.05) is 6.54 Å². The maximum absolute atomic E-state index is 11.9. The molecule has 1 heterocycles. The summed E-state index contributed by atoms with van der Waals surface area (Å²) in [6.45, 7) is 1.81. The van der Waals surface area contributed by atoms with Crippen molar-refractivity contribution in [2.75, 3.05) is 13.1 Å². The van der Waals surface area contributed by atoms with Crippen molar-refractivity contribution < 1.29 is 8.42 Å². The summed E-state index contributed by atoms with van der Waals surface area (Å²) >= 11 is 6.65. The minimum Gasteiger partial charge on any atom is -0.206 e. The average Bonchev–Trinajstić information content (AvgIpc) is 2.61. The van der Waals surface area contributed by atoms with Gasteiger partial charge in [-0.05, 0) is 12.1 Å². The Balaban J connectivity index is 3.07. The molecule has 0 N–H and O–H groups in total. The van der Waals surface area contributed by atoms with Gasteiger partial charge in [-0.2, -0.15) is 9.57 Å². The highest BCUT2D eigenvalue weighted by atomic mass is 35.5. The summed E-state index contributed by atoms with van der Waals surface area (Å²) in [7, 11) is -3.55. The Morgan fingerprint density at radius 1 is 1.60 bits per heavy atom. The largest absolute Gasteiger partial charge is 0.253 e. The number of hydrogen-bond acceptors (Lipinski definition) is 4. The highest BCUT2D eigenvalue weighted by molar-refractivity contribution is 7.91. The van der Waals surface area contributed by atoms with E-state index in [4.69, 9.17) is 16.9 Å². The molecule has 0 spiro atoms. The van der Waals surface area contributed by atoms with E-state index >= 15 is 0 Å². The van der Waals surface area contributed by atoms with E-state index in [1.54, 1.807) is 6.92 Å². The molecular formula is C8H9ClN2O2S2. The van der Waals surface area contributed by atoms with E-state index in [2.05, 4.69) is 0 Å². The lowest BCUT2D eigenvalue weighted by atomic mass is 10.6. The lowest BCUT2D eigenvalue weighted by Crippen LogP contribution is -2.30. The maximum Gasteiger partial charge on any atom is 0.253 e. The molecule has 4 nitrogen and oxygen atoms in total. The molecular weight excluding hydrogens is 256 g/mol. The Labute approximate surface area is 97.7 Å². The van der Waals surface area contributed by atoms with Crippen LogP contribution in [0.15, 0.2) is 16.3 Å². The van der Waals surface area contributed by atoms with Gasteiger partial charge in [0.25, 0.3) is 10.0 Å². The zero-order valence-electron chi connectivity index (χ0n) is 7.97. The van der Waals surface area contributed by atoms with Gasteiger partial charge in [-0.25, -0.2) is 8.42 Å². The molecule has 0 radical (unpaired) electrons. The second kappa shape index (κ2) is 4.94. The first-order valence-electron chi connectivity index (χ1n) is 4.14. The van der Waals surface area contributed by atoms with Gasteiger partial charge >= 0.3 is 0 Å². The Morgan fingerprint density at radius 2 is 2.27 bits per heavy atom. The fraction of sp³-hybridized carbons (Fsp3) is 0.375. The van der Waals surface area contributed by atoms with Crippen LogP contribution in [0, 0.1) is 11.3 Å². The van der Waals surface area contributed by atoms with Crippen LogP contribution in [0.2, 0.25) is 4.34 Å². The number of halogens is 1. The molecule has 0 aliphatic carbocycles. The minimum atomic E-state index is -3.55. The highest BCUT2D eigenvalue weighted by Crippen LogP contribution is 2.27. The summed E-state index contributed by atoms with van der Waals surface area (Å²) in [5, 5.41) is 8.50. The Hall–Kier alpha value is -0.610. The van der Waals surface area contributed by atoms with E-state index in [1.807, 2.05) is 6.07 Å². The SMILES string of the molecule is CCN(CC#N)S(=O)(=O)c1ccc(Cl)s1. The molecule has 7 heteroatoms. The highest BCUT2D eigenvalue weighted by Gasteiger charge is 2.24. The molecule has 0 aromatic carbocycles. The lowest BCUT2D eigenvalue weighted by molar-refractivity contribution is 0.464. The molecule has 0 aliphatic heterocycles. The van der Waals surface area contributed by atoms with Crippen LogP contribution in [0.1, 0.15) is 6.92 Å². The molecule has 1 aromatic rings. The number of nitriles is 1. The van der Waals surface area contributed by atoms with E-state index < -0.39 is 10.0 Å². The first kappa shape index (κ1) is 12.5. The maximum atomic E-state index is 11.9. The summed E-state index contributed by atoms with van der Waals surface area (Å²) in [5.41, 5.74) is 0. The summed E-state index contributed by atoms with van der Waals surface area (Å²) in [4.78, 5) is 0. The fourth-order valence-corrected chi connectivity index (χ4v) is 3.99. The molecule has 0 aliphatic rings. The standard InChI is InChI=1S/C8H9ClN2O2S2/c1-2-11(6-5-10)15(12,13)8-4-3-7(9)14-8/h3-4H,2,6H2,1H3. The van der Waals surface area contributed by atoms with Crippen molar-refractivity contribution in [3.05, 3.63) is 16.5 Å². The van der Waals surface area contributed by atoms with Crippen molar-refractivity contribution in [3.8, 4) is 6.07 Å². The third kappa shape index (κ3) is 2.69. The molecule has 0 atom stereocenters. The Morgan fingerprint density at radius 3 is 2.67 bits per heavy atom. The normalized spacial score (nSPS) is 11.6. The molecule has 82 valence electrons. The zero-order chi connectivity index (χ0) is 11.5. The summed E-state index contributed by atoms with van der Waals surface area (Å²) in [5.74, 6) is 0. The molecule has 0 amide bonds. The van der Waals surface area contributed by atoms with Crippen molar-refractivity contribution in [1.29, 1.82) is 5.26 Å². The van der Waals surface area contributed by atoms with Gasteiger partial charge in [-0.1, -0.05) is 18.5 Å². The van der Waals surface area contributed by atoms with Crippen LogP contribution in [-0.2, 0) is 10.0 Å². The smallest absolute Gasteiger partial charge is 0.206 e. The van der Waals surface area contributed by atoms with Gasteiger partial charge in [0.15, 0.2) is 0 Å². The third-order valence-corrected chi connectivity index (χ3v) is 5.36. The lowest BCUT2D eigenvalue weighted by Gasteiger charge is -2.15. The molecule has 0 saturated carbocycles. The van der Waals surface area contributed by atoms with Crippen LogP contribution in [0.5, 0.6) is 0 Å². The monoisotopic (exact) mass is 264 g/mol. The van der Waals surface area contributed by atoms with Gasteiger partial charge in [-0.15, -0.1) is 11.3 Å². The Kier molecular flexibility index (Phi) is 4.11. The van der Waals surface area contributed by atoms with Crippen LogP contribution in [0.3, 0.4) is 0 Å². The molecule has 1 aromatic heterocycles. The van der Waals surface area contributed by atoms with Gasteiger partial charge in [-0.3, -0.25) is 0 Å². The van der Waals surface area contributed by atoms with Crippen LogP contribution in [0.4, 0.5) is 0 Å². The Bertz CT molecular complexity index is 475. The number of nitrogens with zero attached hydrogens (tertiary/aromatic N) is 2. The molecule has 0 saturated heterocycles. The van der Waals surface area contributed by atoms with E-state index in [1.165, 1.54) is 12.1 Å². The van der Waals surface area contributed by atoms with Crippen molar-refractivity contribution in [3.63, 3.8) is 0 Å². The van der Waals surface area contributed by atoms with Crippen molar-refractivity contribution in [2.45, 2.75) is 11.1 Å². The van der Waals surface area contributed by atoms with Crippen LogP contribution in [0.25, 0.3) is 0 Å². The minimum absolute atomic E-state index is 0.144. The topological polar surface area (TPSA) is 61.2 Å². The van der Waals surface area contributed by atoms with E-state index in [0.29, 0.717) is 4.34 Å². The second-order valence-corrected chi connectivity index (χ2v) is 6.53. The molecule has 1 rings (SSSR count). The number of thiophene rings is 1. The second-order valence-electron chi connectivity index (χ2n) is 2.65. The number of rotatable bonds is 4. The first-order valence-corrected chi connectivity index (χ1v) is 6.78. The third-order valence-electron chi connectivity index (χ3n) is 1.74. The van der Waals surface area contributed by atoms with E-state index in [-0.39, 0.29) is 17.3 Å². The predicted molar refractivity (Wildman–Crippen MR) is 59.4 cm³/mol. The summed E-state index contributed by atoms with van der Waals surface area (Å²) < 4.78 is 25.5. The summed E-state index contributed by atoms with van der Waals surface area (Å²) in [6.07, 6.45) is 0. The van der Waals surface area contributed by atoms with Crippen molar-refractivity contribution >= 4 is 33.0 Å². The van der Waals surface area contributed by atoms with Gasteiger partial charge < -0.3 is 0 Å². The van der Waals surface area contributed by atoms with Crippen LogP contribution < -0.4 is 0 Å². The van der Waals surface area contributed by atoms with E-state index in [9.17, 15) is 8.42 Å². The van der Waals surface area contributed by atoms with Crippen molar-refractivity contribution in [2.24, 2.45) is 0 Å². The molecule has 0 bridgehead atoms. The summed E-state index contributed by atoms with van der Waals surface area (Å²) in [6, 6.07) is 4.79. The zero-order valence-corrected chi connectivity index (χ0v) is 10.4. The fourth-order valence-electron chi connectivity index (χ4n) is 1.01. The number of hydrogen-bond donors (Lipinski definition) is 0. The van der Waals surface area contributed by atoms with Gasteiger partial charge in [0.05, 0.1) is 10.4 Å². The van der Waals surface area contributed by atoms with Crippen LogP contribution >= 0.6 is 22.9 Å².